The van der Waals surface area contributed by atoms with Gasteiger partial charge in [-0.1, -0.05) is 23.5 Å². The molecule has 7 nitrogen and oxygen atoms in total. The molecular weight excluding hydrogens is 501 g/mol. The SMILES string of the molecule is COCCn1c(=NC(=O)c2ccccc2I)sc2cc(S(N)(=O)=O)ccc21. The standard InChI is InChI=1S/C17H16IN3O4S2/c1-25-9-8-21-14-7-6-11(27(19,23)24)10-15(14)26-17(21)20-16(22)12-4-2-3-5-13(12)18/h2-7,10H,8-9H2,1H3,(H2,19,23,24). The quantitative estimate of drug-likeness (QED) is 0.525. The van der Waals surface area contributed by atoms with Gasteiger partial charge in [0, 0.05) is 17.2 Å². The lowest BCUT2D eigenvalue weighted by Crippen LogP contribution is -2.19. The van der Waals surface area contributed by atoms with Crippen LogP contribution in [-0.4, -0.2) is 32.6 Å². The fourth-order valence-electron chi connectivity index (χ4n) is 2.50. The van der Waals surface area contributed by atoms with Gasteiger partial charge in [0.15, 0.2) is 4.80 Å². The summed E-state index contributed by atoms with van der Waals surface area (Å²) >= 11 is 3.32. The second-order valence-electron chi connectivity index (χ2n) is 5.60. The number of amides is 1. The van der Waals surface area contributed by atoms with Gasteiger partial charge in [-0.3, -0.25) is 4.79 Å². The molecule has 0 atom stereocenters. The van der Waals surface area contributed by atoms with E-state index in [2.05, 4.69) is 27.6 Å². The van der Waals surface area contributed by atoms with Gasteiger partial charge in [-0.25, -0.2) is 13.6 Å². The zero-order chi connectivity index (χ0) is 19.6. The van der Waals surface area contributed by atoms with Crippen molar-refractivity contribution < 1.29 is 17.9 Å². The minimum atomic E-state index is -3.81. The first-order valence-corrected chi connectivity index (χ1v) is 11.2. The Bertz CT molecular complexity index is 1180. The number of sulfonamides is 1. The Balaban J connectivity index is 2.18. The number of hydrogen-bond donors (Lipinski definition) is 1. The summed E-state index contributed by atoms with van der Waals surface area (Å²) in [6.45, 7) is 0.899. The van der Waals surface area contributed by atoms with Crippen molar-refractivity contribution in [2.45, 2.75) is 11.4 Å². The van der Waals surface area contributed by atoms with Gasteiger partial charge in [-0.2, -0.15) is 4.99 Å². The molecule has 142 valence electrons. The van der Waals surface area contributed by atoms with Crippen LogP contribution in [0.15, 0.2) is 52.4 Å². The second-order valence-corrected chi connectivity index (χ2v) is 9.33. The third-order valence-corrected chi connectivity index (χ3v) is 6.70. The maximum atomic E-state index is 12.6. The number of halogens is 1. The van der Waals surface area contributed by atoms with Gasteiger partial charge in [0.1, 0.15) is 0 Å². The summed E-state index contributed by atoms with van der Waals surface area (Å²) in [5.74, 6) is -0.357. The zero-order valence-corrected chi connectivity index (χ0v) is 18.0. The monoisotopic (exact) mass is 517 g/mol. The zero-order valence-electron chi connectivity index (χ0n) is 14.3. The summed E-state index contributed by atoms with van der Waals surface area (Å²) in [5.41, 5.74) is 1.28. The van der Waals surface area contributed by atoms with E-state index in [4.69, 9.17) is 9.88 Å². The van der Waals surface area contributed by atoms with Crippen molar-refractivity contribution in [2.24, 2.45) is 10.1 Å². The molecule has 1 aromatic heterocycles. The number of hydrogen-bond acceptors (Lipinski definition) is 5. The molecule has 0 fully saturated rings. The van der Waals surface area contributed by atoms with Crippen LogP contribution in [0, 0.1) is 3.57 Å². The van der Waals surface area contributed by atoms with Crippen LogP contribution in [0.2, 0.25) is 0 Å². The molecule has 0 saturated carbocycles. The molecule has 0 saturated heterocycles. The molecule has 1 amide bonds. The van der Waals surface area contributed by atoms with Crippen LogP contribution < -0.4 is 9.94 Å². The van der Waals surface area contributed by atoms with E-state index < -0.39 is 10.0 Å². The van der Waals surface area contributed by atoms with Crippen molar-refractivity contribution in [3.8, 4) is 0 Å². The minimum absolute atomic E-state index is 0.0191. The number of rotatable bonds is 5. The highest BCUT2D eigenvalue weighted by Gasteiger charge is 2.14. The Morgan fingerprint density at radius 3 is 2.70 bits per heavy atom. The van der Waals surface area contributed by atoms with Crippen LogP contribution in [0.4, 0.5) is 0 Å². The average Bonchev–Trinajstić information content (AvgIpc) is 2.95. The molecule has 0 radical (unpaired) electrons. The number of methoxy groups -OCH3 is 1. The van der Waals surface area contributed by atoms with E-state index in [1.54, 1.807) is 25.3 Å². The van der Waals surface area contributed by atoms with E-state index in [1.165, 1.54) is 23.5 Å². The van der Waals surface area contributed by atoms with Crippen LogP contribution in [0.3, 0.4) is 0 Å². The minimum Gasteiger partial charge on any atom is -0.383 e. The highest BCUT2D eigenvalue weighted by molar-refractivity contribution is 14.1. The molecule has 27 heavy (non-hydrogen) atoms. The van der Waals surface area contributed by atoms with Crippen LogP contribution in [-0.2, 0) is 21.3 Å². The first-order chi connectivity index (χ1) is 12.8. The smallest absolute Gasteiger partial charge is 0.280 e. The van der Waals surface area contributed by atoms with Crippen molar-refractivity contribution in [2.75, 3.05) is 13.7 Å². The van der Waals surface area contributed by atoms with Gasteiger partial charge in [0.25, 0.3) is 5.91 Å². The predicted octanol–water partition coefficient (Wildman–Crippen LogP) is 2.34. The number of benzene rings is 2. The van der Waals surface area contributed by atoms with E-state index in [9.17, 15) is 13.2 Å². The van der Waals surface area contributed by atoms with Gasteiger partial charge >= 0.3 is 0 Å². The Labute approximate surface area is 173 Å². The third kappa shape index (κ3) is 4.46. The molecule has 2 N–H and O–H groups in total. The Morgan fingerprint density at radius 2 is 2.04 bits per heavy atom. The maximum Gasteiger partial charge on any atom is 0.280 e. The lowest BCUT2D eigenvalue weighted by Gasteiger charge is -2.05. The van der Waals surface area contributed by atoms with E-state index in [-0.39, 0.29) is 10.8 Å². The van der Waals surface area contributed by atoms with Crippen molar-refractivity contribution >= 4 is 60.1 Å². The van der Waals surface area contributed by atoms with Gasteiger partial charge in [-0.15, -0.1) is 0 Å². The summed E-state index contributed by atoms with van der Waals surface area (Å²) < 4.78 is 31.7. The Kier molecular flexibility index (Phi) is 6.11. The predicted molar refractivity (Wildman–Crippen MR) is 112 cm³/mol. The van der Waals surface area contributed by atoms with E-state index in [0.29, 0.717) is 28.2 Å². The summed E-state index contributed by atoms with van der Waals surface area (Å²) in [6, 6.07) is 11.8. The molecule has 2 aromatic carbocycles. The van der Waals surface area contributed by atoms with Gasteiger partial charge in [0.2, 0.25) is 10.0 Å². The maximum absolute atomic E-state index is 12.6. The summed E-state index contributed by atoms with van der Waals surface area (Å²) in [6.07, 6.45) is 0. The van der Waals surface area contributed by atoms with Crippen molar-refractivity contribution in [1.82, 2.24) is 4.57 Å². The molecule has 10 heteroatoms. The molecular formula is C17H16IN3O4S2. The lowest BCUT2D eigenvalue weighted by molar-refractivity contribution is 0.0996. The second kappa shape index (κ2) is 8.19. The molecule has 3 aromatic rings. The summed E-state index contributed by atoms with van der Waals surface area (Å²) in [7, 11) is -2.23. The average molecular weight is 517 g/mol. The largest absolute Gasteiger partial charge is 0.383 e. The fourth-order valence-corrected chi connectivity index (χ4v) is 4.82. The highest BCUT2D eigenvalue weighted by Crippen LogP contribution is 2.21. The molecule has 0 spiro atoms. The molecule has 1 heterocycles. The van der Waals surface area contributed by atoms with Crippen LogP contribution in [0.25, 0.3) is 10.2 Å². The number of nitrogens with zero attached hydrogens (tertiary/aromatic N) is 2. The third-order valence-electron chi connectivity index (χ3n) is 3.80. The normalized spacial score (nSPS) is 12.6. The number of ether oxygens (including phenoxy) is 1. The number of fused-ring (bicyclic) bond motifs is 1. The first kappa shape index (κ1) is 20.1. The number of aromatic nitrogens is 1. The van der Waals surface area contributed by atoms with Gasteiger partial charge in [0.05, 0.1) is 27.3 Å². The molecule has 0 aliphatic rings. The Morgan fingerprint density at radius 1 is 1.30 bits per heavy atom. The van der Waals surface area contributed by atoms with Crippen LogP contribution in [0.1, 0.15) is 10.4 Å². The summed E-state index contributed by atoms with van der Waals surface area (Å²) in [4.78, 5) is 17.4. The molecule has 0 unspecified atom stereocenters. The number of carbonyl (C=O) groups is 1. The van der Waals surface area contributed by atoms with Gasteiger partial charge in [-0.05, 0) is 52.9 Å². The van der Waals surface area contributed by atoms with Crippen molar-refractivity contribution in [3.05, 3.63) is 56.4 Å². The Hall–Kier alpha value is -1.60. The van der Waals surface area contributed by atoms with Crippen LogP contribution in [0.5, 0.6) is 0 Å². The highest BCUT2D eigenvalue weighted by atomic mass is 127. The lowest BCUT2D eigenvalue weighted by atomic mass is 10.2. The number of carbonyl (C=O) groups excluding carboxylic acids is 1. The topological polar surface area (TPSA) is 104 Å². The summed E-state index contributed by atoms with van der Waals surface area (Å²) in [5, 5.41) is 5.22. The van der Waals surface area contributed by atoms with Crippen molar-refractivity contribution in [3.63, 3.8) is 0 Å². The number of primary sulfonamides is 1. The molecule has 0 aliphatic carbocycles. The fraction of sp³-hybridized carbons (Fsp3) is 0.176. The van der Waals surface area contributed by atoms with E-state index >= 15 is 0 Å². The van der Waals surface area contributed by atoms with E-state index in [0.717, 1.165) is 9.09 Å². The first-order valence-electron chi connectivity index (χ1n) is 7.80. The van der Waals surface area contributed by atoms with E-state index in [1.807, 2.05) is 16.7 Å². The molecule has 0 bridgehead atoms. The molecule has 0 aliphatic heterocycles. The van der Waals surface area contributed by atoms with Crippen molar-refractivity contribution in [1.29, 1.82) is 0 Å². The number of nitrogens with two attached hydrogens (primary N) is 1. The number of thiazole rings is 1. The van der Waals surface area contributed by atoms with Crippen LogP contribution >= 0.6 is 33.9 Å². The van der Waals surface area contributed by atoms with Gasteiger partial charge < -0.3 is 9.30 Å². The molecule has 3 rings (SSSR count).